The molecule has 1 unspecified atom stereocenters. The lowest BCUT2D eigenvalue weighted by molar-refractivity contribution is 0.724. The highest BCUT2D eigenvalue weighted by Crippen LogP contribution is 2.17. The second-order valence-electron chi connectivity index (χ2n) is 5.17. The summed E-state index contributed by atoms with van der Waals surface area (Å²) >= 11 is 5.55. The van der Waals surface area contributed by atoms with Gasteiger partial charge in [0.05, 0.1) is 0 Å². The van der Waals surface area contributed by atoms with Gasteiger partial charge in [-0.25, -0.2) is 0 Å². The second-order valence-corrected chi connectivity index (χ2v) is 5.58. The van der Waals surface area contributed by atoms with Crippen molar-refractivity contribution in [2.24, 2.45) is 0 Å². The number of nitrogens with one attached hydrogen (secondary N) is 1. The number of thiocarbonyl (C=S) groups is 1. The van der Waals surface area contributed by atoms with E-state index >= 15 is 0 Å². The van der Waals surface area contributed by atoms with Gasteiger partial charge in [0.15, 0.2) is 0 Å². The Balaban J connectivity index is 1.80. The maximum absolute atomic E-state index is 5.55. The van der Waals surface area contributed by atoms with Crippen LogP contribution in [0.2, 0.25) is 0 Å². The quantitative estimate of drug-likeness (QED) is 0.691. The second kappa shape index (κ2) is 6.06. The first-order valence-electron chi connectivity index (χ1n) is 7.08. The lowest BCUT2D eigenvalue weighted by Crippen LogP contribution is -2.25. The van der Waals surface area contributed by atoms with Crippen LogP contribution in [-0.2, 0) is 0 Å². The van der Waals surface area contributed by atoms with E-state index in [9.17, 15) is 0 Å². The fourth-order valence-corrected chi connectivity index (χ4v) is 2.74. The third kappa shape index (κ3) is 3.11. The van der Waals surface area contributed by atoms with Gasteiger partial charge in [-0.3, -0.25) is 0 Å². The van der Waals surface area contributed by atoms with Gasteiger partial charge < -0.3 is 5.32 Å². The van der Waals surface area contributed by atoms with Gasteiger partial charge in [-0.05, 0) is 29.3 Å². The van der Waals surface area contributed by atoms with Crippen molar-refractivity contribution in [3.05, 3.63) is 83.9 Å². The molecule has 0 fully saturated rings. The molecule has 0 aliphatic heterocycles. The first-order valence-corrected chi connectivity index (χ1v) is 7.49. The molecule has 1 atom stereocenters. The van der Waals surface area contributed by atoms with Crippen LogP contribution in [0.1, 0.15) is 24.1 Å². The summed E-state index contributed by atoms with van der Waals surface area (Å²) in [6.07, 6.45) is 0. The molecule has 21 heavy (non-hydrogen) atoms. The normalized spacial score (nSPS) is 12.0. The van der Waals surface area contributed by atoms with Crippen LogP contribution in [0.5, 0.6) is 0 Å². The average molecular weight is 291 g/mol. The molecule has 0 saturated carbocycles. The van der Waals surface area contributed by atoms with E-state index in [1.165, 1.54) is 16.3 Å². The van der Waals surface area contributed by atoms with Gasteiger partial charge in [0.2, 0.25) is 0 Å². The Kier molecular flexibility index (Phi) is 3.98. The summed E-state index contributed by atoms with van der Waals surface area (Å²) in [6, 6.07) is 25.2. The van der Waals surface area contributed by atoms with Gasteiger partial charge in [-0.1, -0.05) is 78.9 Å². The van der Waals surface area contributed by atoms with Crippen LogP contribution in [0.15, 0.2) is 72.8 Å². The van der Waals surface area contributed by atoms with E-state index in [0.717, 1.165) is 10.6 Å². The van der Waals surface area contributed by atoms with Crippen molar-refractivity contribution in [3.8, 4) is 0 Å². The van der Waals surface area contributed by atoms with Gasteiger partial charge in [0.25, 0.3) is 0 Å². The Bertz CT molecular complexity index is 765. The first-order chi connectivity index (χ1) is 10.2. The van der Waals surface area contributed by atoms with Crippen LogP contribution in [0.4, 0.5) is 0 Å². The number of rotatable bonds is 3. The Hall–Kier alpha value is -2.19. The summed E-state index contributed by atoms with van der Waals surface area (Å²) in [5, 5.41) is 5.86. The van der Waals surface area contributed by atoms with E-state index in [-0.39, 0.29) is 6.04 Å². The molecule has 0 aromatic heterocycles. The van der Waals surface area contributed by atoms with Crippen molar-refractivity contribution in [3.63, 3.8) is 0 Å². The number of benzene rings is 3. The highest BCUT2D eigenvalue weighted by Gasteiger charge is 2.08. The minimum Gasteiger partial charge on any atom is -0.369 e. The minimum absolute atomic E-state index is 0.199. The van der Waals surface area contributed by atoms with Crippen molar-refractivity contribution < 1.29 is 0 Å². The Labute approximate surface area is 130 Å². The molecule has 104 valence electrons. The van der Waals surface area contributed by atoms with E-state index in [0.29, 0.717) is 0 Å². The number of hydrogen-bond donors (Lipinski definition) is 1. The van der Waals surface area contributed by atoms with Crippen molar-refractivity contribution >= 4 is 28.0 Å². The van der Waals surface area contributed by atoms with Crippen LogP contribution in [0.3, 0.4) is 0 Å². The van der Waals surface area contributed by atoms with Crippen molar-refractivity contribution in [2.45, 2.75) is 13.0 Å². The molecule has 3 aromatic carbocycles. The van der Waals surface area contributed by atoms with Gasteiger partial charge in [0, 0.05) is 11.6 Å². The molecule has 3 aromatic rings. The molecule has 0 spiro atoms. The molecular weight excluding hydrogens is 274 g/mol. The molecular formula is C19H17NS. The zero-order valence-corrected chi connectivity index (χ0v) is 12.7. The predicted molar refractivity (Wildman–Crippen MR) is 93.6 cm³/mol. The standard InChI is InChI=1S/C19H17NS/c1-14(15-7-3-2-4-8-15)20-19(21)18-12-11-16-9-5-6-10-17(16)13-18/h2-14H,1H3,(H,20,21). The van der Waals surface area contributed by atoms with Crippen LogP contribution in [0, 0.1) is 0 Å². The average Bonchev–Trinajstić information content (AvgIpc) is 2.55. The Morgan fingerprint density at radius 2 is 1.52 bits per heavy atom. The number of hydrogen-bond acceptors (Lipinski definition) is 1. The van der Waals surface area contributed by atoms with Crippen LogP contribution >= 0.6 is 12.2 Å². The summed E-state index contributed by atoms with van der Waals surface area (Å²) in [4.78, 5) is 0.789. The summed E-state index contributed by atoms with van der Waals surface area (Å²) in [7, 11) is 0. The van der Waals surface area contributed by atoms with Crippen LogP contribution in [0.25, 0.3) is 10.8 Å². The predicted octanol–water partition coefficient (Wildman–Crippen LogP) is 4.87. The highest BCUT2D eigenvalue weighted by molar-refractivity contribution is 7.80. The molecule has 0 heterocycles. The Morgan fingerprint density at radius 1 is 0.857 bits per heavy atom. The van der Waals surface area contributed by atoms with E-state index in [4.69, 9.17) is 12.2 Å². The Morgan fingerprint density at radius 3 is 2.29 bits per heavy atom. The van der Waals surface area contributed by atoms with Gasteiger partial charge in [-0.15, -0.1) is 0 Å². The van der Waals surface area contributed by atoms with Gasteiger partial charge >= 0.3 is 0 Å². The van der Waals surface area contributed by atoms with E-state index in [1.807, 2.05) is 18.2 Å². The summed E-state index contributed by atoms with van der Waals surface area (Å²) in [6.45, 7) is 2.13. The van der Waals surface area contributed by atoms with E-state index < -0.39 is 0 Å². The third-order valence-corrected chi connectivity index (χ3v) is 4.01. The van der Waals surface area contributed by atoms with Crippen molar-refractivity contribution in [2.75, 3.05) is 0 Å². The van der Waals surface area contributed by atoms with Crippen LogP contribution < -0.4 is 5.32 Å². The molecule has 0 amide bonds. The van der Waals surface area contributed by atoms with Crippen molar-refractivity contribution in [1.29, 1.82) is 0 Å². The largest absolute Gasteiger partial charge is 0.369 e. The summed E-state index contributed by atoms with van der Waals surface area (Å²) in [5.41, 5.74) is 2.30. The maximum Gasteiger partial charge on any atom is 0.107 e. The highest BCUT2D eigenvalue weighted by atomic mass is 32.1. The molecule has 0 saturated heterocycles. The molecule has 0 bridgehead atoms. The lowest BCUT2D eigenvalue weighted by atomic mass is 10.1. The van der Waals surface area contributed by atoms with Gasteiger partial charge in [-0.2, -0.15) is 0 Å². The smallest absolute Gasteiger partial charge is 0.107 e. The zero-order valence-electron chi connectivity index (χ0n) is 11.9. The van der Waals surface area contributed by atoms with E-state index in [1.54, 1.807) is 0 Å². The first kappa shape index (κ1) is 13.8. The minimum atomic E-state index is 0.199. The molecule has 0 radical (unpaired) electrons. The lowest BCUT2D eigenvalue weighted by Gasteiger charge is -2.16. The van der Waals surface area contributed by atoms with Crippen molar-refractivity contribution in [1.82, 2.24) is 5.32 Å². The molecule has 1 nitrogen and oxygen atoms in total. The number of fused-ring (bicyclic) bond motifs is 1. The van der Waals surface area contributed by atoms with Gasteiger partial charge in [0.1, 0.15) is 4.99 Å². The zero-order chi connectivity index (χ0) is 14.7. The summed E-state index contributed by atoms with van der Waals surface area (Å²) < 4.78 is 0. The van der Waals surface area contributed by atoms with Crippen LogP contribution in [-0.4, -0.2) is 4.99 Å². The topological polar surface area (TPSA) is 12.0 Å². The molecule has 2 heteroatoms. The fourth-order valence-electron chi connectivity index (χ4n) is 2.44. The molecule has 0 aliphatic rings. The molecule has 0 aliphatic carbocycles. The third-order valence-electron chi connectivity index (χ3n) is 3.66. The molecule has 3 rings (SSSR count). The fraction of sp³-hybridized carbons (Fsp3) is 0.105. The SMILES string of the molecule is CC(NC(=S)c1ccc2ccccc2c1)c1ccccc1. The monoisotopic (exact) mass is 291 g/mol. The molecule has 1 N–H and O–H groups in total. The maximum atomic E-state index is 5.55. The summed E-state index contributed by atoms with van der Waals surface area (Å²) in [5.74, 6) is 0. The van der Waals surface area contributed by atoms with E-state index in [2.05, 4.69) is 66.8 Å².